The van der Waals surface area contributed by atoms with Gasteiger partial charge >= 0.3 is 0 Å². The van der Waals surface area contributed by atoms with Crippen LogP contribution in [0, 0.1) is 0 Å². The van der Waals surface area contributed by atoms with E-state index in [1.54, 1.807) is 0 Å². The van der Waals surface area contributed by atoms with E-state index in [2.05, 4.69) is 52.9 Å². The largest absolute Gasteiger partial charge is 0.306 e. The Morgan fingerprint density at radius 2 is 1.92 bits per heavy atom. The van der Waals surface area contributed by atoms with E-state index in [4.69, 9.17) is 0 Å². The Hall–Kier alpha value is -0.300. The first kappa shape index (κ1) is 12.7. The van der Waals surface area contributed by atoms with Gasteiger partial charge in [-0.2, -0.15) is 0 Å². The molecule has 0 saturated carbocycles. The van der Waals surface area contributed by atoms with Crippen LogP contribution in [0.1, 0.15) is 54.4 Å². The molecule has 13 heavy (non-hydrogen) atoms. The van der Waals surface area contributed by atoms with Gasteiger partial charge in [-0.05, 0) is 41.0 Å². The van der Waals surface area contributed by atoms with Gasteiger partial charge in [0.05, 0.1) is 0 Å². The van der Waals surface area contributed by atoms with Crippen LogP contribution in [0.15, 0.2) is 11.6 Å². The zero-order chi connectivity index (χ0) is 10.5. The molecule has 0 fully saturated rings. The quantitative estimate of drug-likeness (QED) is 0.643. The molecule has 0 spiro atoms. The molecule has 0 aromatic heterocycles. The maximum Gasteiger partial charge on any atom is 0.0311 e. The van der Waals surface area contributed by atoms with Crippen molar-refractivity contribution in [1.82, 2.24) is 5.32 Å². The zero-order valence-corrected chi connectivity index (χ0v) is 10.1. The smallest absolute Gasteiger partial charge is 0.0311 e. The van der Waals surface area contributed by atoms with Gasteiger partial charge in [-0.3, -0.25) is 0 Å². The molecule has 0 aromatic rings. The molecule has 0 radical (unpaired) electrons. The molecule has 1 N–H and O–H groups in total. The van der Waals surface area contributed by atoms with E-state index in [0.717, 1.165) is 0 Å². The summed E-state index contributed by atoms with van der Waals surface area (Å²) >= 11 is 0. The van der Waals surface area contributed by atoms with Crippen molar-refractivity contribution in [3.05, 3.63) is 11.6 Å². The van der Waals surface area contributed by atoms with Crippen molar-refractivity contribution in [3.8, 4) is 0 Å². The van der Waals surface area contributed by atoms with Crippen LogP contribution in [0.5, 0.6) is 0 Å². The fourth-order valence-corrected chi connectivity index (χ4v) is 1.90. The summed E-state index contributed by atoms with van der Waals surface area (Å²) in [6.45, 7) is 13.2. The van der Waals surface area contributed by atoms with Crippen molar-refractivity contribution >= 4 is 0 Å². The molecule has 1 nitrogen and oxygen atoms in total. The molecule has 0 saturated heterocycles. The monoisotopic (exact) mass is 183 g/mol. The molecular weight excluding hydrogens is 158 g/mol. The summed E-state index contributed by atoms with van der Waals surface area (Å²) in [5.74, 6) is 0. The highest BCUT2D eigenvalue weighted by Gasteiger charge is 2.15. The first-order valence-electron chi connectivity index (χ1n) is 5.31. The Kier molecular flexibility index (Phi) is 5.31. The van der Waals surface area contributed by atoms with Gasteiger partial charge in [0.25, 0.3) is 0 Å². The first-order chi connectivity index (χ1) is 5.87. The van der Waals surface area contributed by atoms with Gasteiger partial charge < -0.3 is 5.32 Å². The average Bonchev–Trinajstić information content (AvgIpc) is 1.81. The van der Waals surface area contributed by atoms with Gasteiger partial charge in [0, 0.05) is 11.6 Å². The van der Waals surface area contributed by atoms with Gasteiger partial charge in [-0.25, -0.2) is 0 Å². The van der Waals surface area contributed by atoms with Crippen molar-refractivity contribution in [3.63, 3.8) is 0 Å². The predicted octanol–water partition coefficient (Wildman–Crippen LogP) is 3.51. The number of rotatable bonds is 5. The fraction of sp³-hybridized carbons (Fsp3) is 0.833. The number of allylic oxidation sites excluding steroid dienone is 1. The third-order valence-corrected chi connectivity index (χ3v) is 1.99. The zero-order valence-electron chi connectivity index (χ0n) is 10.1. The molecule has 0 bridgehead atoms. The van der Waals surface area contributed by atoms with Gasteiger partial charge in [0.2, 0.25) is 0 Å². The van der Waals surface area contributed by atoms with E-state index in [1.165, 1.54) is 18.4 Å². The third-order valence-electron chi connectivity index (χ3n) is 1.99. The Morgan fingerprint density at radius 1 is 1.38 bits per heavy atom. The SMILES string of the molecule is CCCC(C)NC(C)(C)C=C(C)C. The standard InChI is InChI=1S/C12H25N/c1-7-8-11(4)13-12(5,6)9-10(2)3/h9,11,13H,7-8H2,1-6H3. The molecule has 1 heteroatoms. The fourth-order valence-electron chi connectivity index (χ4n) is 1.90. The van der Waals surface area contributed by atoms with Crippen molar-refractivity contribution in [2.45, 2.75) is 66.0 Å². The van der Waals surface area contributed by atoms with Crippen LogP contribution in [-0.4, -0.2) is 11.6 Å². The second-order valence-electron chi connectivity index (χ2n) is 4.78. The van der Waals surface area contributed by atoms with Gasteiger partial charge in [-0.1, -0.05) is 25.0 Å². The minimum Gasteiger partial charge on any atom is -0.306 e. The van der Waals surface area contributed by atoms with E-state index < -0.39 is 0 Å². The van der Waals surface area contributed by atoms with Gasteiger partial charge in [-0.15, -0.1) is 0 Å². The van der Waals surface area contributed by atoms with Crippen LogP contribution in [-0.2, 0) is 0 Å². The lowest BCUT2D eigenvalue weighted by Crippen LogP contribution is -2.43. The molecule has 0 aliphatic rings. The molecular formula is C12H25N. The van der Waals surface area contributed by atoms with Crippen LogP contribution in [0.4, 0.5) is 0 Å². The molecule has 78 valence electrons. The maximum atomic E-state index is 3.61. The van der Waals surface area contributed by atoms with Gasteiger partial charge in [0.15, 0.2) is 0 Å². The van der Waals surface area contributed by atoms with Crippen LogP contribution in [0.2, 0.25) is 0 Å². The van der Waals surface area contributed by atoms with E-state index in [0.29, 0.717) is 6.04 Å². The average molecular weight is 183 g/mol. The van der Waals surface area contributed by atoms with Crippen LogP contribution < -0.4 is 5.32 Å². The molecule has 0 amide bonds. The topological polar surface area (TPSA) is 12.0 Å². The maximum absolute atomic E-state index is 3.61. The minimum absolute atomic E-state index is 0.132. The van der Waals surface area contributed by atoms with Crippen LogP contribution >= 0.6 is 0 Å². The summed E-state index contributed by atoms with van der Waals surface area (Å²) in [6.07, 6.45) is 4.79. The first-order valence-corrected chi connectivity index (χ1v) is 5.31. The Labute approximate surface area is 83.6 Å². The predicted molar refractivity (Wildman–Crippen MR) is 61.0 cm³/mol. The molecule has 0 aromatic carbocycles. The summed E-state index contributed by atoms with van der Waals surface area (Å²) in [4.78, 5) is 0. The highest BCUT2D eigenvalue weighted by molar-refractivity contribution is 5.07. The molecule has 0 rings (SSSR count). The molecule has 1 unspecified atom stereocenters. The third kappa shape index (κ3) is 6.83. The summed E-state index contributed by atoms with van der Waals surface area (Å²) in [6, 6.07) is 0.607. The van der Waals surface area contributed by atoms with E-state index in [-0.39, 0.29) is 5.54 Å². The second kappa shape index (κ2) is 5.43. The molecule has 0 aliphatic heterocycles. The lowest BCUT2D eigenvalue weighted by Gasteiger charge is -2.27. The number of hydrogen-bond acceptors (Lipinski definition) is 1. The second-order valence-corrected chi connectivity index (χ2v) is 4.78. The highest BCUT2D eigenvalue weighted by atomic mass is 15.0. The summed E-state index contributed by atoms with van der Waals surface area (Å²) in [7, 11) is 0. The van der Waals surface area contributed by atoms with Crippen LogP contribution in [0.3, 0.4) is 0 Å². The Bertz CT molecular complexity index is 164. The van der Waals surface area contributed by atoms with E-state index in [1.807, 2.05) is 0 Å². The summed E-state index contributed by atoms with van der Waals surface area (Å²) in [5.41, 5.74) is 1.51. The van der Waals surface area contributed by atoms with Crippen molar-refractivity contribution in [2.24, 2.45) is 0 Å². The normalized spacial score (nSPS) is 14.0. The minimum atomic E-state index is 0.132. The summed E-state index contributed by atoms with van der Waals surface area (Å²) < 4.78 is 0. The lowest BCUT2D eigenvalue weighted by atomic mass is 10.00. The van der Waals surface area contributed by atoms with E-state index in [9.17, 15) is 0 Å². The van der Waals surface area contributed by atoms with E-state index >= 15 is 0 Å². The lowest BCUT2D eigenvalue weighted by molar-refractivity contribution is 0.391. The number of nitrogens with one attached hydrogen (secondary N) is 1. The van der Waals surface area contributed by atoms with Crippen LogP contribution in [0.25, 0.3) is 0 Å². The Balaban J connectivity index is 4.08. The molecule has 0 aliphatic carbocycles. The van der Waals surface area contributed by atoms with Crippen molar-refractivity contribution < 1.29 is 0 Å². The van der Waals surface area contributed by atoms with Crippen molar-refractivity contribution in [1.29, 1.82) is 0 Å². The Morgan fingerprint density at radius 3 is 2.31 bits per heavy atom. The van der Waals surface area contributed by atoms with Gasteiger partial charge in [0.1, 0.15) is 0 Å². The summed E-state index contributed by atoms with van der Waals surface area (Å²) in [5, 5.41) is 3.61. The molecule has 1 atom stereocenters. The van der Waals surface area contributed by atoms with Crippen molar-refractivity contribution in [2.75, 3.05) is 0 Å². The highest BCUT2D eigenvalue weighted by Crippen LogP contribution is 2.10. The number of hydrogen-bond donors (Lipinski definition) is 1. The molecule has 0 heterocycles.